The predicted octanol–water partition coefficient (Wildman–Crippen LogP) is 3.36. The summed E-state index contributed by atoms with van der Waals surface area (Å²) in [6, 6.07) is 12.4. The van der Waals surface area contributed by atoms with Crippen molar-refractivity contribution in [3.05, 3.63) is 60.3 Å². The van der Waals surface area contributed by atoms with Gasteiger partial charge < -0.3 is 4.12 Å². The Morgan fingerprint density at radius 3 is 2.14 bits per heavy atom. The highest BCUT2D eigenvalue weighted by Gasteiger charge is 2.32. The van der Waals surface area contributed by atoms with E-state index >= 15 is 0 Å². The quantitative estimate of drug-likeness (QED) is 0.794. The van der Waals surface area contributed by atoms with E-state index in [9.17, 15) is 0 Å². The van der Waals surface area contributed by atoms with Crippen LogP contribution in [0.25, 0.3) is 6.08 Å². The molecule has 3 nitrogen and oxygen atoms in total. The molecule has 2 rings (SSSR count). The molecule has 0 radical (unpaired) electrons. The van der Waals surface area contributed by atoms with E-state index < -0.39 is 16.6 Å². The van der Waals surface area contributed by atoms with Crippen LogP contribution in [0.4, 0.5) is 0 Å². The molecule has 0 aliphatic heterocycles. The Morgan fingerprint density at radius 2 is 1.52 bits per heavy atom. The van der Waals surface area contributed by atoms with Gasteiger partial charge in [-0.25, -0.2) is 9.97 Å². The number of nitrogens with zero attached hydrogens (tertiary/aromatic N) is 2. The second-order valence-electron chi connectivity index (χ2n) is 6.02. The zero-order valence-corrected chi connectivity index (χ0v) is 15.1. The van der Waals surface area contributed by atoms with Crippen molar-refractivity contribution in [3.8, 4) is 0 Å². The molecule has 0 spiro atoms. The fraction of sp³-hybridized carbons (Fsp3) is 0.250. The number of benzene rings is 1. The largest absolute Gasteiger partial charge is 0.449 e. The molecule has 0 fully saturated rings. The lowest BCUT2D eigenvalue weighted by Crippen LogP contribution is -2.51. The number of rotatable bonds is 5. The molecular weight excluding hydrogens is 292 g/mol. The molecule has 0 N–H and O–H groups in total. The molecule has 0 saturated carbocycles. The second kappa shape index (κ2) is 6.47. The highest BCUT2D eigenvalue weighted by Crippen LogP contribution is 2.16. The van der Waals surface area contributed by atoms with Crippen LogP contribution >= 0.6 is 0 Å². The fourth-order valence-corrected chi connectivity index (χ4v) is 9.81. The molecule has 1 heterocycles. The highest BCUT2D eigenvalue weighted by atomic mass is 28.4. The van der Waals surface area contributed by atoms with Gasteiger partial charge in [-0.2, -0.15) is 0 Å². The van der Waals surface area contributed by atoms with Crippen LogP contribution in [0, 0.1) is 0 Å². The molecule has 5 heteroatoms. The van der Waals surface area contributed by atoms with Gasteiger partial charge in [0.1, 0.15) is 0 Å². The molecule has 0 amide bonds. The summed E-state index contributed by atoms with van der Waals surface area (Å²) in [5, 5.41) is 1.33. The maximum Gasteiger partial charge on any atom is 0.206 e. The zero-order chi connectivity index (χ0) is 15.3. The van der Waals surface area contributed by atoms with Crippen LogP contribution in [0.1, 0.15) is 5.82 Å². The van der Waals surface area contributed by atoms with Crippen molar-refractivity contribution in [2.24, 2.45) is 0 Å². The van der Waals surface area contributed by atoms with E-state index in [-0.39, 0.29) is 0 Å². The van der Waals surface area contributed by atoms with Gasteiger partial charge in [0.15, 0.2) is 14.1 Å². The van der Waals surface area contributed by atoms with Crippen LogP contribution in [-0.4, -0.2) is 26.6 Å². The van der Waals surface area contributed by atoms with Crippen LogP contribution in [0.2, 0.25) is 26.2 Å². The highest BCUT2D eigenvalue weighted by molar-refractivity contribution is 6.93. The second-order valence-corrected chi connectivity index (χ2v) is 14.0. The number of aromatic nitrogens is 2. The van der Waals surface area contributed by atoms with Gasteiger partial charge in [-0.3, -0.25) is 0 Å². The van der Waals surface area contributed by atoms with Gasteiger partial charge in [-0.05, 0) is 43.5 Å². The van der Waals surface area contributed by atoms with E-state index in [1.54, 1.807) is 12.4 Å². The summed E-state index contributed by atoms with van der Waals surface area (Å²) in [5.41, 5.74) is 2.17. The first-order valence-corrected chi connectivity index (χ1v) is 13.0. The average molecular weight is 315 g/mol. The molecule has 0 bridgehead atoms. The summed E-state index contributed by atoms with van der Waals surface area (Å²) < 4.78 is 6.57. The van der Waals surface area contributed by atoms with Crippen molar-refractivity contribution >= 4 is 27.9 Å². The van der Waals surface area contributed by atoms with E-state index in [4.69, 9.17) is 4.12 Å². The van der Waals surface area contributed by atoms with Gasteiger partial charge in [0.25, 0.3) is 0 Å². The first-order chi connectivity index (χ1) is 9.89. The van der Waals surface area contributed by atoms with Crippen molar-refractivity contribution in [3.63, 3.8) is 0 Å². The van der Waals surface area contributed by atoms with Gasteiger partial charge in [0.2, 0.25) is 8.32 Å². The SMILES string of the molecule is C[Si](C)(C=Cc1ncccn1)O[Si](C)(C)c1ccccc1. The third-order valence-electron chi connectivity index (χ3n) is 3.21. The molecule has 0 saturated heterocycles. The Balaban J connectivity index is 2.12. The van der Waals surface area contributed by atoms with Crippen molar-refractivity contribution in [1.82, 2.24) is 9.97 Å². The van der Waals surface area contributed by atoms with Gasteiger partial charge in [0, 0.05) is 12.4 Å². The van der Waals surface area contributed by atoms with E-state index in [1.807, 2.05) is 18.2 Å². The summed E-state index contributed by atoms with van der Waals surface area (Å²) in [6.07, 6.45) is 5.48. The summed E-state index contributed by atoms with van der Waals surface area (Å²) >= 11 is 0. The Bertz CT molecular complexity index is 598. The first kappa shape index (κ1) is 15.8. The Labute approximate surface area is 129 Å². The van der Waals surface area contributed by atoms with E-state index in [0.29, 0.717) is 0 Å². The normalized spacial score (nSPS) is 12.8. The predicted molar refractivity (Wildman–Crippen MR) is 93.2 cm³/mol. The van der Waals surface area contributed by atoms with Crippen LogP contribution < -0.4 is 5.19 Å². The molecule has 0 unspecified atom stereocenters. The maximum absolute atomic E-state index is 6.57. The topological polar surface area (TPSA) is 35.0 Å². The number of hydrogen-bond donors (Lipinski definition) is 0. The fourth-order valence-electron chi connectivity index (χ4n) is 2.26. The van der Waals surface area contributed by atoms with Crippen molar-refractivity contribution in [1.29, 1.82) is 0 Å². The average Bonchev–Trinajstić information content (AvgIpc) is 2.46. The molecular formula is C16H22N2OSi2. The molecule has 2 aromatic rings. The third-order valence-corrected chi connectivity index (χ3v) is 10.0. The summed E-state index contributed by atoms with van der Waals surface area (Å²) in [7, 11) is -3.79. The zero-order valence-electron chi connectivity index (χ0n) is 13.1. The van der Waals surface area contributed by atoms with Crippen molar-refractivity contribution in [2.75, 3.05) is 0 Å². The third kappa shape index (κ3) is 4.73. The molecule has 1 aromatic carbocycles. The van der Waals surface area contributed by atoms with Crippen LogP contribution in [0.3, 0.4) is 0 Å². The van der Waals surface area contributed by atoms with Gasteiger partial charge in [-0.15, -0.1) is 0 Å². The Morgan fingerprint density at radius 1 is 0.905 bits per heavy atom. The summed E-state index contributed by atoms with van der Waals surface area (Å²) in [6.45, 7) is 8.93. The monoisotopic (exact) mass is 314 g/mol. The molecule has 0 aliphatic rings. The minimum atomic E-state index is -1.90. The Hall–Kier alpha value is -1.57. The van der Waals surface area contributed by atoms with Crippen LogP contribution in [0.5, 0.6) is 0 Å². The summed E-state index contributed by atoms with van der Waals surface area (Å²) in [5.74, 6) is 0.737. The molecule has 110 valence electrons. The van der Waals surface area contributed by atoms with E-state index in [2.05, 4.69) is 66.1 Å². The summed E-state index contributed by atoms with van der Waals surface area (Å²) in [4.78, 5) is 8.43. The van der Waals surface area contributed by atoms with Gasteiger partial charge >= 0.3 is 0 Å². The molecule has 21 heavy (non-hydrogen) atoms. The minimum absolute atomic E-state index is 0.737. The van der Waals surface area contributed by atoms with Crippen molar-refractivity contribution in [2.45, 2.75) is 26.2 Å². The molecule has 0 atom stereocenters. The van der Waals surface area contributed by atoms with Gasteiger partial charge in [-0.1, -0.05) is 36.0 Å². The van der Waals surface area contributed by atoms with Crippen LogP contribution in [-0.2, 0) is 4.12 Å². The standard InChI is InChI=1S/C16H22N2OSi2/c1-20(2,14-11-16-17-12-8-13-18-16)19-21(3,4)15-9-6-5-7-10-15/h5-14H,1-4H3. The van der Waals surface area contributed by atoms with Crippen LogP contribution in [0.15, 0.2) is 54.5 Å². The number of hydrogen-bond acceptors (Lipinski definition) is 3. The van der Waals surface area contributed by atoms with Crippen molar-refractivity contribution < 1.29 is 4.12 Å². The smallest absolute Gasteiger partial charge is 0.206 e. The van der Waals surface area contributed by atoms with E-state index in [1.165, 1.54) is 5.19 Å². The lowest BCUT2D eigenvalue weighted by molar-refractivity contribution is 0.572. The molecule has 1 aromatic heterocycles. The lowest BCUT2D eigenvalue weighted by atomic mass is 10.4. The van der Waals surface area contributed by atoms with Gasteiger partial charge in [0.05, 0.1) is 0 Å². The lowest BCUT2D eigenvalue weighted by Gasteiger charge is -2.32. The minimum Gasteiger partial charge on any atom is -0.449 e. The maximum atomic E-state index is 6.57. The van der Waals surface area contributed by atoms with E-state index in [0.717, 1.165) is 5.82 Å². The molecule has 0 aliphatic carbocycles. The Kier molecular flexibility index (Phi) is 4.87. The first-order valence-electron chi connectivity index (χ1n) is 7.11.